The molecule has 0 atom stereocenters. The Morgan fingerprint density at radius 3 is 1.88 bits per heavy atom. The van der Waals surface area contributed by atoms with Gasteiger partial charge >= 0.3 is 6.86 Å². The summed E-state index contributed by atoms with van der Waals surface area (Å²) < 4.78 is 1.79. The molecule has 0 aliphatic heterocycles. The molecule has 4 heteroatoms. The van der Waals surface area contributed by atoms with Gasteiger partial charge < -0.3 is 4.57 Å². The van der Waals surface area contributed by atoms with Gasteiger partial charge in [0, 0.05) is 0 Å². The van der Waals surface area contributed by atoms with Crippen LogP contribution in [0.1, 0.15) is 0 Å². The summed E-state index contributed by atoms with van der Waals surface area (Å²) in [6.07, 6.45) is 0. The second-order valence-electron chi connectivity index (χ2n) is 1.69. The molecule has 48 valence electrons. The highest BCUT2D eigenvalue weighted by Gasteiger charge is 2.26. The van der Waals surface area contributed by atoms with Crippen molar-refractivity contribution in [2.75, 3.05) is 14.1 Å². The third-order valence-electron chi connectivity index (χ3n) is 0.842. The zero-order valence-corrected chi connectivity index (χ0v) is 7.50. The Hall–Kier alpha value is 0.497. The van der Waals surface area contributed by atoms with Crippen molar-refractivity contribution in [3.05, 3.63) is 12.3 Å². The third-order valence-corrected chi connectivity index (χ3v) is 5.48. The monoisotopic (exact) mass is 169 g/mol. The summed E-state index contributed by atoms with van der Waals surface area (Å²) in [7, 11) is 3.68. The quantitative estimate of drug-likeness (QED) is 0.450. The van der Waals surface area contributed by atoms with Crippen LogP contribution in [-0.4, -0.2) is 25.5 Å². The maximum Gasteiger partial charge on any atom is 0.348 e. The Morgan fingerprint density at radius 1 is 1.50 bits per heavy atom. The number of hydrogen-bond donors (Lipinski definition) is 0. The maximum absolute atomic E-state index is 5.77. The Labute approximate surface area is 60.4 Å². The molecule has 0 spiro atoms. The highest BCUT2D eigenvalue weighted by Crippen LogP contribution is 2.16. The van der Waals surface area contributed by atoms with Crippen molar-refractivity contribution in [1.29, 1.82) is 0 Å². The average molecular weight is 170 g/mol. The van der Waals surface area contributed by atoms with Crippen LogP contribution in [0, 0.1) is 0 Å². The minimum absolute atomic E-state index is 1.61. The Bertz CT molecular complexity index is 92.0. The molecular formula is C4H9Cl2NSi. The molecule has 0 aromatic carbocycles. The van der Waals surface area contributed by atoms with Crippen LogP contribution in [-0.2, 0) is 0 Å². The zero-order chi connectivity index (χ0) is 6.78. The van der Waals surface area contributed by atoms with E-state index in [1.54, 1.807) is 10.3 Å². The van der Waals surface area contributed by atoms with Gasteiger partial charge in [-0.05, 0) is 14.1 Å². The summed E-state index contributed by atoms with van der Waals surface area (Å²) in [5.41, 5.74) is 1.61. The molecule has 0 saturated carbocycles. The Balaban J connectivity index is 3.90. The molecule has 0 unspecified atom stereocenters. The first-order chi connectivity index (χ1) is 3.50. The van der Waals surface area contributed by atoms with Crippen LogP contribution in [0.3, 0.4) is 0 Å². The fourth-order valence-electron chi connectivity index (χ4n) is 0.183. The maximum atomic E-state index is 5.77. The van der Waals surface area contributed by atoms with Gasteiger partial charge in [0.15, 0.2) is 0 Å². The molecule has 0 radical (unpaired) electrons. The molecule has 8 heavy (non-hydrogen) atoms. The van der Waals surface area contributed by atoms with Crippen LogP contribution in [0.15, 0.2) is 12.3 Å². The van der Waals surface area contributed by atoms with E-state index in [4.69, 9.17) is 22.2 Å². The molecule has 0 bridgehead atoms. The Morgan fingerprint density at radius 2 is 1.88 bits per heavy atom. The van der Waals surface area contributed by atoms with Gasteiger partial charge in [0.1, 0.15) is 0 Å². The fourth-order valence-corrected chi connectivity index (χ4v) is 0.548. The predicted octanol–water partition coefficient (Wildman–Crippen LogP) is 1.69. The van der Waals surface area contributed by atoms with Crippen molar-refractivity contribution in [1.82, 2.24) is 4.57 Å². The molecule has 1 nitrogen and oxygen atoms in total. The predicted molar refractivity (Wildman–Crippen MR) is 41.3 cm³/mol. The van der Waals surface area contributed by atoms with Crippen molar-refractivity contribution in [3.8, 4) is 0 Å². The lowest BCUT2D eigenvalue weighted by molar-refractivity contribution is 0.656. The molecule has 0 aromatic rings. The van der Waals surface area contributed by atoms with Crippen LogP contribution in [0.4, 0.5) is 0 Å². The first kappa shape index (κ1) is 8.50. The van der Waals surface area contributed by atoms with Crippen molar-refractivity contribution in [2.24, 2.45) is 0 Å². The first-order valence-electron chi connectivity index (χ1n) is 2.19. The smallest absolute Gasteiger partial charge is 0.302 e. The summed E-state index contributed by atoms with van der Waals surface area (Å²) in [6.45, 7) is 1.30. The van der Waals surface area contributed by atoms with Crippen LogP contribution in [0.25, 0.3) is 0 Å². The van der Waals surface area contributed by atoms with E-state index in [9.17, 15) is 0 Å². The summed E-state index contributed by atoms with van der Waals surface area (Å²) in [5, 5.41) is 0. The van der Waals surface area contributed by atoms with E-state index >= 15 is 0 Å². The minimum atomic E-state index is -2.21. The van der Waals surface area contributed by atoms with Crippen LogP contribution in [0.5, 0.6) is 0 Å². The fraction of sp³-hybridized carbons (Fsp3) is 0.500. The molecule has 0 aliphatic rings. The molecule has 0 N–H and O–H groups in total. The second kappa shape index (κ2) is 2.87. The number of hydrogen-bond acceptors (Lipinski definition) is 1. The molecule has 0 fully saturated rings. The van der Waals surface area contributed by atoms with Crippen molar-refractivity contribution < 1.29 is 0 Å². The number of rotatable bonds is 2. The van der Waals surface area contributed by atoms with E-state index in [1.807, 2.05) is 14.1 Å². The van der Waals surface area contributed by atoms with Gasteiger partial charge in [-0.15, -0.1) is 28.7 Å². The summed E-state index contributed by atoms with van der Waals surface area (Å²) >= 11 is 11.5. The molecular weight excluding hydrogens is 161 g/mol. The standard InChI is InChI=1S/C4H9Cl2NSi/c1-4-8(5,6)7(2)3/h4H,1H2,2-3H3. The zero-order valence-electron chi connectivity index (χ0n) is 4.99. The number of halogens is 2. The minimum Gasteiger partial charge on any atom is -0.302 e. The van der Waals surface area contributed by atoms with Gasteiger partial charge in [-0.1, -0.05) is 5.70 Å². The Kier molecular flexibility index (Phi) is 3.05. The summed E-state index contributed by atoms with van der Waals surface area (Å²) in [4.78, 5) is 0. The second-order valence-corrected chi connectivity index (χ2v) is 8.20. The van der Waals surface area contributed by atoms with Crippen LogP contribution in [0.2, 0.25) is 0 Å². The highest BCUT2D eigenvalue weighted by atomic mass is 35.7. The lowest BCUT2D eigenvalue weighted by Crippen LogP contribution is -2.36. The summed E-state index contributed by atoms with van der Waals surface area (Å²) in [6, 6.07) is 0. The lowest BCUT2D eigenvalue weighted by Gasteiger charge is -2.19. The lowest BCUT2D eigenvalue weighted by atomic mass is 11.2. The summed E-state index contributed by atoms with van der Waals surface area (Å²) in [5.74, 6) is 0. The van der Waals surface area contributed by atoms with Gasteiger partial charge in [-0.25, -0.2) is 0 Å². The number of nitrogens with zero attached hydrogens (tertiary/aromatic N) is 1. The van der Waals surface area contributed by atoms with Crippen molar-refractivity contribution >= 4 is 29.0 Å². The van der Waals surface area contributed by atoms with Crippen LogP contribution >= 0.6 is 22.2 Å². The molecule has 0 amide bonds. The molecule has 0 rings (SSSR count). The molecule has 0 aromatic heterocycles. The highest BCUT2D eigenvalue weighted by molar-refractivity contribution is 7.46. The SMILES string of the molecule is C=C[Si](Cl)(Cl)N(C)C. The third kappa shape index (κ3) is 2.18. The van der Waals surface area contributed by atoms with Crippen molar-refractivity contribution in [2.45, 2.75) is 0 Å². The van der Waals surface area contributed by atoms with E-state index < -0.39 is 6.86 Å². The van der Waals surface area contributed by atoms with Gasteiger partial charge in [-0.2, -0.15) is 0 Å². The molecule has 0 saturated heterocycles. The first-order valence-corrected chi connectivity index (χ1v) is 6.24. The van der Waals surface area contributed by atoms with Crippen LogP contribution < -0.4 is 0 Å². The molecule has 0 heterocycles. The van der Waals surface area contributed by atoms with Gasteiger partial charge in [0.05, 0.1) is 0 Å². The molecule has 0 aliphatic carbocycles. The van der Waals surface area contributed by atoms with Gasteiger partial charge in [-0.3, -0.25) is 0 Å². The van der Waals surface area contributed by atoms with Gasteiger partial charge in [0.2, 0.25) is 0 Å². The normalized spacial score (nSPS) is 12.1. The van der Waals surface area contributed by atoms with E-state index in [0.717, 1.165) is 0 Å². The van der Waals surface area contributed by atoms with Crippen molar-refractivity contribution in [3.63, 3.8) is 0 Å². The average Bonchev–Trinajstić information content (AvgIpc) is 1.67. The topological polar surface area (TPSA) is 3.24 Å². The largest absolute Gasteiger partial charge is 0.348 e. The van der Waals surface area contributed by atoms with E-state index in [-0.39, 0.29) is 0 Å². The van der Waals surface area contributed by atoms with Gasteiger partial charge in [0.25, 0.3) is 0 Å². The van der Waals surface area contributed by atoms with E-state index in [0.29, 0.717) is 0 Å². The van der Waals surface area contributed by atoms with E-state index in [2.05, 4.69) is 6.58 Å². The van der Waals surface area contributed by atoms with E-state index in [1.165, 1.54) is 0 Å².